The monoisotopic (exact) mass is 459 g/mol. The summed E-state index contributed by atoms with van der Waals surface area (Å²) in [4.78, 5) is 41.8. The van der Waals surface area contributed by atoms with Gasteiger partial charge < -0.3 is 14.8 Å². The molecule has 1 N–H and O–H groups in total. The lowest BCUT2D eigenvalue weighted by molar-refractivity contribution is -0.117. The molecule has 0 spiro atoms. The molecule has 3 rings (SSSR count). The third-order valence-corrected chi connectivity index (χ3v) is 6.64. The lowest BCUT2D eigenvalue weighted by Crippen LogP contribution is -2.36. The molecule has 0 saturated carbocycles. The number of anilines is 1. The second-order valence-corrected chi connectivity index (χ2v) is 8.70. The number of rotatable bonds is 7. The van der Waals surface area contributed by atoms with Gasteiger partial charge in [0.1, 0.15) is 9.88 Å². The average molecular weight is 460 g/mol. The van der Waals surface area contributed by atoms with Crippen LogP contribution in [0.1, 0.15) is 37.6 Å². The second kappa shape index (κ2) is 11.2. The van der Waals surface area contributed by atoms with Crippen LogP contribution in [-0.2, 0) is 20.8 Å². The maximum atomic E-state index is 12.8. The van der Waals surface area contributed by atoms with Crippen LogP contribution in [-0.4, -0.2) is 74.6 Å². The van der Waals surface area contributed by atoms with E-state index in [0.717, 1.165) is 50.5 Å². The first-order valence-corrected chi connectivity index (χ1v) is 11.3. The summed E-state index contributed by atoms with van der Waals surface area (Å²) in [7, 11) is 2.54. The Morgan fingerprint density at radius 2 is 1.62 bits per heavy atom. The molecule has 0 unspecified atom stereocenters. The van der Waals surface area contributed by atoms with E-state index in [1.165, 1.54) is 19.8 Å². The van der Waals surface area contributed by atoms with E-state index in [0.29, 0.717) is 10.6 Å². The summed E-state index contributed by atoms with van der Waals surface area (Å²) >= 11 is 1.02. The zero-order valence-corrected chi connectivity index (χ0v) is 19.5. The van der Waals surface area contributed by atoms with Crippen LogP contribution in [0.25, 0.3) is 0 Å². The number of nitrogens with one attached hydrogen (secondary N) is 1. The molecular formula is C23H29N3O5S. The predicted molar refractivity (Wildman–Crippen MR) is 123 cm³/mol. The highest BCUT2D eigenvalue weighted by Gasteiger charge is 2.27. The van der Waals surface area contributed by atoms with Crippen molar-refractivity contribution >= 4 is 34.2 Å². The molecule has 0 bridgehead atoms. The van der Waals surface area contributed by atoms with E-state index < -0.39 is 11.9 Å². The van der Waals surface area contributed by atoms with E-state index in [9.17, 15) is 14.4 Å². The Balaban J connectivity index is 1.62. The number of ether oxygens (including phenoxy) is 2. The summed E-state index contributed by atoms with van der Waals surface area (Å²) in [5, 5.41) is 3.11. The Hall–Kier alpha value is -2.75. The van der Waals surface area contributed by atoms with Gasteiger partial charge in [-0.25, -0.2) is 9.59 Å². The van der Waals surface area contributed by atoms with Crippen molar-refractivity contribution in [3.8, 4) is 0 Å². The number of methoxy groups -OCH3 is 2. The molecular weight excluding hydrogens is 430 g/mol. The third-order valence-electron chi connectivity index (χ3n) is 5.46. The molecule has 0 radical (unpaired) electrons. The van der Waals surface area contributed by atoms with Crippen molar-refractivity contribution in [3.63, 3.8) is 0 Å². The number of nitrogens with zero attached hydrogens (tertiary/aromatic N) is 2. The maximum absolute atomic E-state index is 12.8. The van der Waals surface area contributed by atoms with E-state index in [4.69, 9.17) is 9.47 Å². The standard InChI is InChI=1S/C23H29N3O5S/c1-16-19(22(28)30-2)21(32-20(16)23(29)31-3)24-18(27)15-26-11-7-10-25(12-13-26)14-17-8-5-4-6-9-17/h4-6,8-9H,7,10-15H2,1-3H3,(H,24,27). The first kappa shape index (κ1) is 23.9. The third kappa shape index (κ3) is 5.93. The van der Waals surface area contributed by atoms with Gasteiger partial charge in [-0.15, -0.1) is 11.3 Å². The molecule has 2 heterocycles. The van der Waals surface area contributed by atoms with Crippen LogP contribution >= 0.6 is 11.3 Å². The highest BCUT2D eigenvalue weighted by molar-refractivity contribution is 7.18. The van der Waals surface area contributed by atoms with Gasteiger partial charge in [-0.05, 0) is 37.6 Å². The van der Waals surface area contributed by atoms with Gasteiger partial charge in [-0.1, -0.05) is 30.3 Å². The summed E-state index contributed by atoms with van der Waals surface area (Å²) in [5.74, 6) is -1.39. The van der Waals surface area contributed by atoms with E-state index in [-0.39, 0.29) is 22.9 Å². The summed E-state index contributed by atoms with van der Waals surface area (Å²) in [5.41, 5.74) is 1.91. The molecule has 1 aliphatic rings. The van der Waals surface area contributed by atoms with Crippen molar-refractivity contribution in [2.24, 2.45) is 0 Å². The van der Waals surface area contributed by atoms with Crippen LogP contribution in [0, 0.1) is 6.92 Å². The minimum atomic E-state index is -0.601. The second-order valence-electron chi connectivity index (χ2n) is 7.68. The van der Waals surface area contributed by atoms with Crippen molar-refractivity contribution in [1.82, 2.24) is 9.80 Å². The van der Waals surface area contributed by atoms with E-state index >= 15 is 0 Å². The molecule has 1 aromatic carbocycles. The normalized spacial score (nSPS) is 15.1. The Labute approximate surface area is 192 Å². The molecule has 1 fully saturated rings. The molecule has 172 valence electrons. The molecule has 9 heteroatoms. The van der Waals surface area contributed by atoms with E-state index in [1.807, 2.05) is 18.2 Å². The molecule has 0 atom stereocenters. The molecule has 2 aromatic rings. The fourth-order valence-electron chi connectivity index (χ4n) is 3.79. The Morgan fingerprint density at radius 3 is 2.31 bits per heavy atom. The predicted octanol–water partition coefficient (Wildman–Crippen LogP) is 2.78. The highest BCUT2D eigenvalue weighted by atomic mass is 32.1. The fourth-order valence-corrected chi connectivity index (χ4v) is 4.92. The van der Waals surface area contributed by atoms with Crippen molar-refractivity contribution in [1.29, 1.82) is 0 Å². The quantitative estimate of drug-likeness (QED) is 0.637. The molecule has 0 aliphatic carbocycles. The first-order chi connectivity index (χ1) is 15.4. The van der Waals surface area contributed by atoms with Crippen LogP contribution < -0.4 is 5.32 Å². The number of esters is 2. The number of hydrogen-bond donors (Lipinski definition) is 1. The van der Waals surface area contributed by atoms with Gasteiger partial charge in [-0.2, -0.15) is 0 Å². The van der Waals surface area contributed by atoms with Gasteiger partial charge in [0, 0.05) is 19.6 Å². The van der Waals surface area contributed by atoms with Crippen molar-refractivity contribution in [2.45, 2.75) is 19.9 Å². The minimum absolute atomic E-state index is 0.191. The molecule has 1 aliphatic heterocycles. The molecule has 32 heavy (non-hydrogen) atoms. The summed E-state index contributed by atoms with van der Waals surface area (Å²) in [6, 6.07) is 10.4. The van der Waals surface area contributed by atoms with Gasteiger partial charge in [-0.3, -0.25) is 14.6 Å². The molecule has 1 amide bonds. The number of amides is 1. The molecule has 8 nitrogen and oxygen atoms in total. The van der Waals surface area contributed by atoms with Crippen molar-refractivity contribution in [3.05, 3.63) is 51.9 Å². The van der Waals surface area contributed by atoms with Gasteiger partial charge in [0.2, 0.25) is 5.91 Å². The zero-order chi connectivity index (χ0) is 23.1. The smallest absolute Gasteiger partial charge is 0.348 e. The lowest BCUT2D eigenvalue weighted by Gasteiger charge is -2.21. The minimum Gasteiger partial charge on any atom is -0.465 e. The summed E-state index contributed by atoms with van der Waals surface area (Å²) in [6.07, 6.45) is 0.970. The van der Waals surface area contributed by atoms with Crippen LogP contribution in [0.2, 0.25) is 0 Å². The van der Waals surface area contributed by atoms with Gasteiger partial charge in [0.05, 0.1) is 26.3 Å². The fraction of sp³-hybridized carbons (Fsp3) is 0.435. The van der Waals surface area contributed by atoms with Crippen molar-refractivity contribution in [2.75, 3.05) is 52.3 Å². The van der Waals surface area contributed by atoms with Crippen LogP contribution in [0.4, 0.5) is 5.00 Å². The zero-order valence-electron chi connectivity index (χ0n) is 18.7. The van der Waals surface area contributed by atoms with Crippen molar-refractivity contribution < 1.29 is 23.9 Å². The van der Waals surface area contributed by atoms with Crippen LogP contribution in [0.5, 0.6) is 0 Å². The summed E-state index contributed by atoms with van der Waals surface area (Å²) < 4.78 is 9.63. The number of thiophene rings is 1. The Kier molecular flexibility index (Phi) is 8.38. The summed E-state index contributed by atoms with van der Waals surface area (Å²) in [6.45, 7) is 6.20. The van der Waals surface area contributed by atoms with E-state index in [1.54, 1.807) is 6.92 Å². The van der Waals surface area contributed by atoms with E-state index in [2.05, 4.69) is 27.2 Å². The molecule has 1 saturated heterocycles. The molecule has 1 aromatic heterocycles. The average Bonchev–Trinajstić information content (AvgIpc) is 2.95. The van der Waals surface area contributed by atoms with Gasteiger partial charge >= 0.3 is 11.9 Å². The lowest BCUT2D eigenvalue weighted by atomic mass is 10.1. The Bertz CT molecular complexity index is 960. The number of carbonyl (C=O) groups is 3. The number of carbonyl (C=O) groups excluding carboxylic acids is 3. The Morgan fingerprint density at radius 1 is 0.969 bits per heavy atom. The largest absolute Gasteiger partial charge is 0.465 e. The highest BCUT2D eigenvalue weighted by Crippen LogP contribution is 2.34. The van der Waals surface area contributed by atoms with Gasteiger partial charge in [0.25, 0.3) is 0 Å². The number of benzene rings is 1. The topological polar surface area (TPSA) is 88.2 Å². The number of hydrogen-bond acceptors (Lipinski definition) is 8. The van der Waals surface area contributed by atoms with Crippen LogP contribution in [0.3, 0.4) is 0 Å². The van der Waals surface area contributed by atoms with Gasteiger partial charge in [0.15, 0.2) is 0 Å². The SMILES string of the molecule is COC(=O)c1sc(NC(=O)CN2CCCN(Cc3ccccc3)CC2)c(C(=O)OC)c1C. The maximum Gasteiger partial charge on any atom is 0.348 e. The van der Waals surface area contributed by atoms with Crippen LogP contribution in [0.15, 0.2) is 30.3 Å². The first-order valence-electron chi connectivity index (χ1n) is 10.5.